The van der Waals surface area contributed by atoms with Crippen molar-refractivity contribution >= 4 is 31.9 Å². The van der Waals surface area contributed by atoms with E-state index in [0.717, 1.165) is 34.3 Å². The molecule has 0 fully saturated rings. The van der Waals surface area contributed by atoms with Crippen LogP contribution in [0.1, 0.15) is 31.3 Å². The van der Waals surface area contributed by atoms with Crippen molar-refractivity contribution in [2.75, 3.05) is 6.54 Å². The molecule has 1 aromatic carbocycles. The Morgan fingerprint density at radius 1 is 1.30 bits per heavy atom. The molecule has 0 aliphatic rings. The van der Waals surface area contributed by atoms with Gasteiger partial charge in [-0.3, -0.25) is 4.68 Å². The summed E-state index contributed by atoms with van der Waals surface area (Å²) >= 11 is 7.18. The molecule has 2 aromatic rings. The number of hydrogen-bond donors (Lipinski definition) is 1. The van der Waals surface area contributed by atoms with E-state index >= 15 is 0 Å². The molecule has 108 valence electrons. The molecule has 1 N–H and O–H groups in total. The van der Waals surface area contributed by atoms with Crippen molar-refractivity contribution in [3.8, 4) is 0 Å². The lowest BCUT2D eigenvalue weighted by molar-refractivity contribution is 0.508. The molecule has 0 aliphatic carbocycles. The Morgan fingerprint density at radius 3 is 2.80 bits per heavy atom. The maximum Gasteiger partial charge on any atom is 0.138 e. The van der Waals surface area contributed by atoms with Gasteiger partial charge in [-0.1, -0.05) is 38.8 Å². The zero-order valence-corrected chi connectivity index (χ0v) is 14.8. The highest BCUT2D eigenvalue weighted by atomic mass is 79.9. The minimum atomic E-state index is 0.210. The Morgan fingerprint density at radius 2 is 2.10 bits per heavy atom. The third kappa shape index (κ3) is 3.68. The lowest BCUT2D eigenvalue weighted by Crippen LogP contribution is -2.25. The van der Waals surface area contributed by atoms with Gasteiger partial charge in [-0.2, -0.15) is 5.10 Å². The minimum Gasteiger partial charge on any atom is -0.310 e. The van der Waals surface area contributed by atoms with Crippen molar-refractivity contribution in [1.29, 1.82) is 0 Å². The second-order valence-corrected chi connectivity index (χ2v) is 6.24. The maximum absolute atomic E-state index is 4.37. The van der Waals surface area contributed by atoms with Gasteiger partial charge in [0.2, 0.25) is 0 Å². The van der Waals surface area contributed by atoms with E-state index in [9.17, 15) is 0 Å². The Balaban J connectivity index is 2.29. The van der Waals surface area contributed by atoms with Crippen molar-refractivity contribution in [2.24, 2.45) is 0 Å². The summed E-state index contributed by atoms with van der Waals surface area (Å²) in [6.07, 6.45) is 2.44. The second kappa shape index (κ2) is 7.33. The van der Waals surface area contributed by atoms with Crippen LogP contribution in [0.3, 0.4) is 0 Å². The van der Waals surface area contributed by atoms with E-state index in [0.29, 0.717) is 0 Å². The zero-order chi connectivity index (χ0) is 14.5. The summed E-state index contributed by atoms with van der Waals surface area (Å²) in [5.74, 6) is 1.00. The number of hydrogen-bond acceptors (Lipinski definition) is 3. The Labute approximate surface area is 136 Å². The smallest absolute Gasteiger partial charge is 0.138 e. The highest BCUT2D eigenvalue weighted by Gasteiger charge is 2.17. The number of rotatable bonds is 6. The van der Waals surface area contributed by atoms with Crippen LogP contribution in [0, 0.1) is 0 Å². The highest BCUT2D eigenvalue weighted by Crippen LogP contribution is 2.28. The summed E-state index contributed by atoms with van der Waals surface area (Å²) in [4.78, 5) is 4.37. The molecule has 0 saturated carbocycles. The summed E-state index contributed by atoms with van der Waals surface area (Å²) in [5, 5.41) is 7.76. The van der Waals surface area contributed by atoms with Crippen LogP contribution < -0.4 is 5.32 Å². The highest BCUT2D eigenvalue weighted by molar-refractivity contribution is 9.11. The lowest BCUT2D eigenvalue weighted by atomic mass is 10.0. The first-order chi connectivity index (χ1) is 9.65. The van der Waals surface area contributed by atoms with E-state index in [1.807, 2.05) is 10.7 Å². The third-order valence-electron chi connectivity index (χ3n) is 3.17. The summed E-state index contributed by atoms with van der Waals surface area (Å²) in [6.45, 7) is 5.94. The standard InChI is InChI=1S/C14H18Br2N4/c1-3-17-13(8-14-18-9-19-20(14)4-2)11-7-10(15)5-6-12(11)16/h5-7,9,13,17H,3-4,8H2,1-2H3. The zero-order valence-electron chi connectivity index (χ0n) is 11.6. The molecule has 0 amide bonds. The first-order valence-corrected chi connectivity index (χ1v) is 8.29. The topological polar surface area (TPSA) is 42.7 Å². The van der Waals surface area contributed by atoms with E-state index in [1.54, 1.807) is 6.33 Å². The summed E-state index contributed by atoms with van der Waals surface area (Å²) < 4.78 is 4.13. The van der Waals surface area contributed by atoms with Crippen LogP contribution in [0.4, 0.5) is 0 Å². The van der Waals surface area contributed by atoms with Crippen LogP contribution in [-0.2, 0) is 13.0 Å². The molecule has 1 atom stereocenters. The summed E-state index contributed by atoms with van der Waals surface area (Å²) in [6, 6.07) is 6.45. The molecule has 2 rings (SSSR count). The second-order valence-electron chi connectivity index (χ2n) is 4.47. The fourth-order valence-corrected chi connectivity index (χ4v) is 3.11. The molecule has 20 heavy (non-hydrogen) atoms. The number of nitrogens with one attached hydrogen (secondary N) is 1. The van der Waals surface area contributed by atoms with E-state index < -0.39 is 0 Å². The average molecular weight is 402 g/mol. The van der Waals surface area contributed by atoms with Crippen LogP contribution in [0.25, 0.3) is 0 Å². The summed E-state index contributed by atoms with van der Waals surface area (Å²) in [7, 11) is 0. The first kappa shape index (κ1) is 15.7. The van der Waals surface area contributed by atoms with Gasteiger partial charge in [0.15, 0.2) is 0 Å². The average Bonchev–Trinajstić information content (AvgIpc) is 2.88. The van der Waals surface area contributed by atoms with Crippen LogP contribution in [0.2, 0.25) is 0 Å². The van der Waals surface area contributed by atoms with E-state index in [1.165, 1.54) is 5.56 Å². The van der Waals surface area contributed by atoms with Gasteiger partial charge in [-0.05, 0) is 37.2 Å². The Bertz CT molecular complexity index is 568. The molecule has 0 spiro atoms. The predicted octanol–water partition coefficient (Wildman–Crippen LogP) is 3.72. The molecular weight excluding hydrogens is 384 g/mol. The fourth-order valence-electron chi connectivity index (χ4n) is 2.21. The van der Waals surface area contributed by atoms with Gasteiger partial charge >= 0.3 is 0 Å². The van der Waals surface area contributed by atoms with Crippen molar-refractivity contribution in [3.05, 3.63) is 44.9 Å². The molecule has 1 heterocycles. The number of benzene rings is 1. The van der Waals surface area contributed by atoms with Gasteiger partial charge in [0, 0.05) is 28.0 Å². The van der Waals surface area contributed by atoms with Crippen molar-refractivity contribution in [2.45, 2.75) is 32.9 Å². The van der Waals surface area contributed by atoms with Crippen LogP contribution in [-0.4, -0.2) is 21.3 Å². The fraction of sp³-hybridized carbons (Fsp3) is 0.429. The molecule has 0 radical (unpaired) electrons. The van der Waals surface area contributed by atoms with Crippen LogP contribution in [0.5, 0.6) is 0 Å². The lowest BCUT2D eigenvalue weighted by Gasteiger charge is -2.20. The largest absolute Gasteiger partial charge is 0.310 e. The molecule has 0 saturated heterocycles. The molecule has 0 aliphatic heterocycles. The van der Waals surface area contributed by atoms with Crippen LogP contribution in [0.15, 0.2) is 33.5 Å². The van der Waals surface area contributed by atoms with Gasteiger partial charge in [0.1, 0.15) is 12.2 Å². The monoisotopic (exact) mass is 400 g/mol. The van der Waals surface area contributed by atoms with E-state index in [-0.39, 0.29) is 6.04 Å². The van der Waals surface area contributed by atoms with Gasteiger partial charge in [0.25, 0.3) is 0 Å². The van der Waals surface area contributed by atoms with Crippen LogP contribution >= 0.6 is 31.9 Å². The van der Waals surface area contributed by atoms with Gasteiger partial charge < -0.3 is 5.32 Å². The molecule has 0 bridgehead atoms. The third-order valence-corrected chi connectivity index (χ3v) is 4.38. The molecule has 1 unspecified atom stereocenters. The van der Waals surface area contributed by atoms with Gasteiger partial charge in [0.05, 0.1) is 0 Å². The number of halogens is 2. The van der Waals surface area contributed by atoms with E-state index in [4.69, 9.17) is 0 Å². The van der Waals surface area contributed by atoms with E-state index in [2.05, 4.69) is 73.2 Å². The van der Waals surface area contributed by atoms with Gasteiger partial charge in [-0.15, -0.1) is 0 Å². The SMILES string of the molecule is CCNC(Cc1ncnn1CC)c1cc(Br)ccc1Br. The molecule has 4 nitrogen and oxygen atoms in total. The minimum absolute atomic E-state index is 0.210. The number of aromatic nitrogens is 3. The number of nitrogens with zero attached hydrogens (tertiary/aromatic N) is 3. The first-order valence-electron chi connectivity index (χ1n) is 6.70. The normalized spacial score (nSPS) is 12.6. The number of aryl methyl sites for hydroxylation is 1. The van der Waals surface area contributed by atoms with Crippen molar-refractivity contribution in [1.82, 2.24) is 20.1 Å². The summed E-state index contributed by atoms with van der Waals surface area (Å²) in [5.41, 5.74) is 1.23. The predicted molar refractivity (Wildman–Crippen MR) is 87.7 cm³/mol. The number of likely N-dealkylation sites (N-methyl/N-ethyl adjacent to an activating group) is 1. The molecule has 1 aromatic heterocycles. The quantitative estimate of drug-likeness (QED) is 0.801. The van der Waals surface area contributed by atoms with Crippen molar-refractivity contribution in [3.63, 3.8) is 0 Å². The Kier molecular flexibility index (Phi) is 5.74. The maximum atomic E-state index is 4.37. The van der Waals surface area contributed by atoms with Crippen molar-refractivity contribution < 1.29 is 0 Å². The molecular formula is C14H18Br2N4. The molecule has 6 heteroatoms. The van der Waals surface area contributed by atoms with Gasteiger partial charge in [-0.25, -0.2) is 4.98 Å². The Hall–Kier alpha value is -0.720.